The lowest BCUT2D eigenvalue weighted by molar-refractivity contribution is 0.169. The maximum absolute atomic E-state index is 8.46. The lowest BCUT2D eigenvalue weighted by Crippen LogP contribution is -2.17. The van der Waals surface area contributed by atoms with Crippen LogP contribution in [0.4, 0.5) is 0 Å². The summed E-state index contributed by atoms with van der Waals surface area (Å²) < 4.78 is 0. The van der Waals surface area contributed by atoms with E-state index in [1.807, 2.05) is 0 Å². The zero-order chi connectivity index (χ0) is 5.70. The number of hydrogen-bond donors (Lipinski definition) is 2. The first-order chi connectivity index (χ1) is 3.27. The van der Waals surface area contributed by atoms with Gasteiger partial charge in [-0.05, 0) is 12.8 Å². The summed E-state index contributed by atoms with van der Waals surface area (Å²) in [5.41, 5.74) is 5.03. The molecule has 0 fully saturated rings. The van der Waals surface area contributed by atoms with Gasteiger partial charge in [0.1, 0.15) is 6.23 Å². The van der Waals surface area contributed by atoms with Crippen molar-refractivity contribution < 1.29 is 5.11 Å². The minimum atomic E-state index is -0.597. The first kappa shape index (κ1) is 11.2. The van der Waals surface area contributed by atoms with Gasteiger partial charge in [0.25, 0.3) is 0 Å². The van der Waals surface area contributed by atoms with Gasteiger partial charge < -0.3 is 10.8 Å². The number of hydrogen-bond acceptors (Lipinski definition) is 2. The standard InChI is InChI=1S/C5H13NO.BrH/c1-2-3-4-5(6)7;/h5,7H,2-4,6H2,1H3;1H. The molecule has 0 spiro atoms. The Balaban J connectivity index is 0. The van der Waals surface area contributed by atoms with Crippen LogP contribution >= 0.6 is 17.0 Å². The summed E-state index contributed by atoms with van der Waals surface area (Å²) in [4.78, 5) is 0. The van der Waals surface area contributed by atoms with Gasteiger partial charge in [-0.2, -0.15) is 0 Å². The summed E-state index contributed by atoms with van der Waals surface area (Å²) in [5.74, 6) is 0. The Bertz CT molecular complexity index is 41.4. The highest BCUT2D eigenvalue weighted by Crippen LogP contribution is 1.93. The molecule has 0 bridgehead atoms. The van der Waals surface area contributed by atoms with Gasteiger partial charge in [-0.25, -0.2) is 0 Å². The van der Waals surface area contributed by atoms with Crippen molar-refractivity contribution >= 4 is 17.0 Å². The fourth-order valence-electron chi connectivity index (χ4n) is 0.413. The summed E-state index contributed by atoms with van der Waals surface area (Å²) in [7, 11) is 0. The molecule has 0 radical (unpaired) electrons. The lowest BCUT2D eigenvalue weighted by atomic mass is 10.2. The summed E-state index contributed by atoms with van der Waals surface area (Å²) in [6, 6.07) is 0. The van der Waals surface area contributed by atoms with E-state index in [0.717, 1.165) is 19.3 Å². The number of unbranched alkanes of at least 4 members (excludes halogenated alkanes) is 1. The number of halogens is 1. The second kappa shape index (κ2) is 7.40. The van der Waals surface area contributed by atoms with Crippen LogP contribution in [0.2, 0.25) is 0 Å². The molecule has 0 aliphatic heterocycles. The van der Waals surface area contributed by atoms with Crippen molar-refractivity contribution in [3.63, 3.8) is 0 Å². The number of aliphatic hydroxyl groups excluding tert-OH is 1. The molecule has 52 valence electrons. The molecule has 0 heterocycles. The molecule has 0 aliphatic carbocycles. The molecule has 0 aromatic rings. The number of rotatable bonds is 3. The van der Waals surface area contributed by atoms with Crippen LogP contribution in [0.25, 0.3) is 0 Å². The second-order valence-corrected chi connectivity index (χ2v) is 1.71. The highest BCUT2D eigenvalue weighted by molar-refractivity contribution is 8.93. The van der Waals surface area contributed by atoms with E-state index in [0.29, 0.717) is 0 Å². The SMILES string of the molecule is Br.CCCCC(N)O. The van der Waals surface area contributed by atoms with Gasteiger partial charge in [0.2, 0.25) is 0 Å². The minimum Gasteiger partial charge on any atom is -0.379 e. The molecule has 3 heteroatoms. The van der Waals surface area contributed by atoms with Crippen molar-refractivity contribution in [1.29, 1.82) is 0 Å². The molecule has 1 atom stereocenters. The zero-order valence-electron chi connectivity index (χ0n) is 5.13. The average molecular weight is 184 g/mol. The lowest BCUT2D eigenvalue weighted by Gasteiger charge is -1.98. The topological polar surface area (TPSA) is 46.2 Å². The third-order valence-corrected chi connectivity index (χ3v) is 0.853. The summed E-state index contributed by atoms with van der Waals surface area (Å²) in [6.07, 6.45) is 2.27. The van der Waals surface area contributed by atoms with Crippen molar-refractivity contribution in [3.05, 3.63) is 0 Å². The quantitative estimate of drug-likeness (QED) is 0.643. The van der Waals surface area contributed by atoms with Crippen molar-refractivity contribution in [2.45, 2.75) is 32.4 Å². The molecule has 3 N–H and O–H groups in total. The van der Waals surface area contributed by atoms with E-state index < -0.39 is 6.23 Å². The van der Waals surface area contributed by atoms with Crippen molar-refractivity contribution in [2.24, 2.45) is 5.73 Å². The highest BCUT2D eigenvalue weighted by atomic mass is 79.9. The molecular formula is C5H14BrNO. The normalized spacial score (nSPS) is 12.4. The number of nitrogens with two attached hydrogens (primary N) is 1. The molecule has 0 saturated heterocycles. The predicted octanol–water partition coefficient (Wildman–Crippen LogP) is 1.03. The molecule has 2 nitrogen and oxygen atoms in total. The zero-order valence-corrected chi connectivity index (χ0v) is 6.84. The molecule has 0 aromatic heterocycles. The van der Waals surface area contributed by atoms with Gasteiger partial charge >= 0.3 is 0 Å². The van der Waals surface area contributed by atoms with Gasteiger partial charge in [-0.15, -0.1) is 17.0 Å². The summed E-state index contributed by atoms with van der Waals surface area (Å²) in [5, 5.41) is 8.46. The summed E-state index contributed by atoms with van der Waals surface area (Å²) in [6.45, 7) is 2.07. The Morgan fingerprint density at radius 2 is 2.12 bits per heavy atom. The van der Waals surface area contributed by atoms with Gasteiger partial charge in [-0.1, -0.05) is 13.3 Å². The van der Waals surface area contributed by atoms with Gasteiger partial charge in [0.05, 0.1) is 0 Å². The Hall–Kier alpha value is 0.400. The molecule has 0 saturated carbocycles. The van der Waals surface area contributed by atoms with Crippen molar-refractivity contribution in [2.75, 3.05) is 0 Å². The van der Waals surface area contributed by atoms with E-state index in [2.05, 4.69) is 6.92 Å². The van der Waals surface area contributed by atoms with Crippen LogP contribution in [-0.4, -0.2) is 11.3 Å². The molecule has 1 unspecified atom stereocenters. The van der Waals surface area contributed by atoms with E-state index in [1.54, 1.807) is 0 Å². The summed E-state index contributed by atoms with van der Waals surface area (Å²) >= 11 is 0. The maximum atomic E-state index is 8.46. The number of aliphatic hydroxyl groups is 1. The van der Waals surface area contributed by atoms with E-state index in [9.17, 15) is 0 Å². The Morgan fingerprint density at radius 1 is 1.62 bits per heavy atom. The highest BCUT2D eigenvalue weighted by Gasteiger charge is 1.90. The largest absolute Gasteiger partial charge is 0.379 e. The maximum Gasteiger partial charge on any atom is 0.102 e. The van der Waals surface area contributed by atoms with Crippen LogP contribution in [0.1, 0.15) is 26.2 Å². The smallest absolute Gasteiger partial charge is 0.102 e. The van der Waals surface area contributed by atoms with E-state index in [4.69, 9.17) is 10.8 Å². The monoisotopic (exact) mass is 183 g/mol. The second-order valence-electron chi connectivity index (χ2n) is 1.71. The fraction of sp³-hybridized carbons (Fsp3) is 1.00. The molecule has 0 rings (SSSR count). The van der Waals surface area contributed by atoms with Gasteiger partial charge in [0, 0.05) is 0 Å². The van der Waals surface area contributed by atoms with Gasteiger partial charge in [0.15, 0.2) is 0 Å². The van der Waals surface area contributed by atoms with Crippen LogP contribution < -0.4 is 5.73 Å². The first-order valence-corrected chi connectivity index (χ1v) is 2.71. The third-order valence-electron chi connectivity index (χ3n) is 0.853. The van der Waals surface area contributed by atoms with E-state index in [1.165, 1.54) is 0 Å². The molecule has 0 aliphatic rings. The van der Waals surface area contributed by atoms with Crippen LogP contribution in [0.3, 0.4) is 0 Å². The van der Waals surface area contributed by atoms with Crippen molar-refractivity contribution in [1.82, 2.24) is 0 Å². The molecule has 0 aromatic carbocycles. The van der Waals surface area contributed by atoms with Crippen LogP contribution in [0.5, 0.6) is 0 Å². The van der Waals surface area contributed by atoms with Crippen LogP contribution in [-0.2, 0) is 0 Å². The third kappa shape index (κ3) is 9.64. The van der Waals surface area contributed by atoms with Gasteiger partial charge in [-0.3, -0.25) is 0 Å². The van der Waals surface area contributed by atoms with Crippen LogP contribution in [0.15, 0.2) is 0 Å². The van der Waals surface area contributed by atoms with E-state index >= 15 is 0 Å². The average Bonchev–Trinajstić information content (AvgIpc) is 1.61. The Morgan fingerprint density at radius 3 is 2.25 bits per heavy atom. The Labute approximate surface area is 60.8 Å². The van der Waals surface area contributed by atoms with E-state index in [-0.39, 0.29) is 17.0 Å². The fourth-order valence-corrected chi connectivity index (χ4v) is 0.413. The molecular weight excluding hydrogens is 170 g/mol. The molecule has 0 amide bonds. The first-order valence-electron chi connectivity index (χ1n) is 2.71. The molecule has 8 heavy (non-hydrogen) atoms. The van der Waals surface area contributed by atoms with Crippen molar-refractivity contribution in [3.8, 4) is 0 Å². The van der Waals surface area contributed by atoms with Crippen LogP contribution in [0, 0.1) is 0 Å². The Kier molecular flexibility index (Phi) is 10.4. The predicted molar refractivity (Wildman–Crippen MR) is 40.0 cm³/mol. The minimum absolute atomic E-state index is 0.